The van der Waals surface area contributed by atoms with Crippen molar-refractivity contribution < 1.29 is 9.13 Å². The molecule has 0 saturated carbocycles. The van der Waals surface area contributed by atoms with Crippen molar-refractivity contribution in [3.8, 4) is 17.0 Å². The summed E-state index contributed by atoms with van der Waals surface area (Å²) < 4.78 is 19.0. The van der Waals surface area contributed by atoms with E-state index in [1.807, 2.05) is 18.2 Å². The third-order valence-corrected chi connectivity index (χ3v) is 5.28. The van der Waals surface area contributed by atoms with Crippen LogP contribution in [0.1, 0.15) is 30.0 Å². The Kier molecular flexibility index (Phi) is 5.63. The van der Waals surface area contributed by atoms with E-state index in [2.05, 4.69) is 27.0 Å². The van der Waals surface area contributed by atoms with E-state index in [4.69, 9.17) is 4.74 Å². The van der Waals surface area contributed by atoms with Gasteiger partial charge in [0, 0.05) is 37.0 Å². The molecule has 4 nitrogen and oxygen atoms in total. The van der Waals surface area contributed by atoms with Crippen LogP contribution in [0.4, 0.5) is 4.39 Å². The fourth-order valence-electron chi connectivity index (χ4n) is 3.92. The van der Waals surface area contributed by atoms with Crippen molar-refractivity contribution in [1.29, 1.82) is 0 Å². The van der Waals surface area contributed by atoms with Crippen LogP contribution in [0.3, 0.4) is 0 Å². The molecular weight excluding hydrogens is 353 g/mol. The molecule has 1 fully saturated rings. The maximum Gasteiger partial charge on any atom is 0.123 e. The van der Waals surface area contributed by atoms with E-state index in [9.17, 15) is 4.39 Å². The Balaban J connectivity index is 1.53. The van der Waals surface area contributed by atoms with Crippen molar-refractivity contribution in [2.45, 2.75) is 25.3 Å². The van der Waals surface area contributed by atoms with Crippen molar-refractivity contribution in [2.24, 2.45) is 0 Å². The molecule has 0 amide bonds. The van der Waals surface area contributed by atoms with E-state index in [1.54, 1.807) is 25.6 Å². The summed E-state index contributed by atoms with van der Waals surface area (Å²) in [6.45, 7) is 2.89. The van der Waals surface area contributed by atoms with Crippen molar-refractivity contribution in [2.75, 3.05) is 20.2 Å². The minimum Gasteiger partial charge on any atom is -0.497 e. The molecule has 28 heavy (non-hydrogen) atoms. The maximum atomic E-state index is 13.7. The Morgan fingerprint density at radius 2 is 1.93 bits per heavy atom. The van der Waals surface area contributed by atoms with Gasteiger partial charge in [-0.2, -0.15) is 0 Å². The molecule has 1 atom stereocenters. The number of halogens is 1. The number of hydrogen-bond donors (Lipinski definition) is 0. The first-order valence-electron chi connectivity index (χ1n) is 9.65. The van der Waals surface area contributed by atoms with Crippen LogP contribution in [-0.4, -0.2) is 35.1 Å². The molecule has 0 N–H and O–H groups in total. The molecule has 0 radical (unpaired) electrons. The summed E-state index contributed by atoms with van der Waals surface area (Å²) in [5.41, 5.74) is 3.81. The summed E-state index contributed by atoms with van der Waals surface area (Å²) >= 11 is 0. The lowest BCUT2D eigenvalue weighted by atomic mass is 9.91. The second-order valence-electron chi connectivity index (χ2n) is 7.22. The summed E-state index contributed by atoms with van der Waals surface area (Å²) in [6, 6.07) is 14.8. The van der Waals surface area contributed by atoms with E-state index < -0.39 is 0 Å². The van der Waals surface area contributed by atoms with Crippen LogP contribution in [0, 0.1) is 5.82 Å². The zero-order valence-electron chi connectivity index (χ0n) is 16.0. The fourth-order valence-corrected chi connectivity index (χ4v) is 3.92. The Bertz CT molecular complexity index is 929. The van der Waals surface area contributed by atoms with Crippen LogP contribution in [0.5, 0.6) is 5.75 Å². The smallest absolute Gasteiger partial charge is 0.123 e. The largest absolute Gasteiger partial charge is 0.497 e. The number of rotatable bonds is 5. The second-order valence-corrected chi connectivity index (χ2v) is 7.22. The molecule has 1 aromatic heterocycles. The van der Waals surface area contributed by atoms with Crippen LogP contribution in [0.15, 0.2) is 60.9 Å². The highest BCUT2D eigenvalue weighted by Gasteiger charge is 2.25. The van der Waals surface area contributed by atoms with Crippen molar-refractivity contribution in [3.63, 3.8) is 0 Å². The lowest BCUT2D eigenvalue weighted by Crippen LogP contribution is -2.34. The Labute approximate surface area is 165 Å². The van der Waals surface area contributed by atoms with Crippen LogP contribution in [0.25, 0.3) is 11.3 Å². The van der Waals surface area contributed by atoms with Crippen molar-refractivity contribution in [3.05, 3.63) is 78.0 Å². The third-order valence-electron chi connectivity index (χ3n) is 5.28. The van der Waals surface area contributed by atoms with Gasteiger partial charge in [-0.15, -0.1) is 0 Å². The number of ether oxygens (including phenoxy) is 1. The van der Waals surface area contributed by atoms with Gasteiger partial charge in [0.25, 0.3) is 0 Å². The molecule has 5 heteroatoms. The monoisotopic (exact) mass is 377 g/mol. The SMILES string of the molecule is COc1ccc(CN2CCC[C@@H](c3nccnc3-c3cccc(F)c3)C2)cc1. The molecule has 0 spiro atoms. The zero-order valence-corrected chi connectivity index (χ0v) is 16.0. The van der Waals surface area contributed by atoms with E-state index in [0.29, 0.717) is 5.92 Å². The average molecular weight is 377 g/mol. The molecule has 3 aromatic rings. The van der Waals surface area contributed by atoms with E-state index in [1.165, 1.54) is 17.7 Å². The van der Waals surface area contributed by atoms with Gasteiger partial charge in [0.2, 0.25) is 0 Å². The molecule has 4 rings (SSSR count). The standard InChI is InChI=1S/C23H24FN3O/c1-28-21-9-7-17(8-10-21)15-27-13-3-5-19(16-27)23-22(25-11-12-26-23)18-4-2-6-20(24)14-18/h2,4,6-12,14,19H,3,5,13,15-16H2,1H3/t19-/m1/s1. The number of hydrogen-bond acceptors (Lipinski definition) is 4. The van der Waals surface area contributed by atoms with Gasteiger partial charge < -0.3 is 4.74 Å². The predicted octanol–water partition coefficient (Wildman–Crippen LogP) is 4.67. The van der Waals surface area contributed by atoms with E-state index >= 15 is 0 Å². The van der Waals surface area contributed by atoms with Gasteiger partial charge in [-0.05, 0) is 49.2 Å². The Morgan fingerprint density at radius 1 is 1.11 bits per heavy atom. The Morgan fingerprint density at radius 3 is 2.71 bits per heavy atom. The topological polar surface area (TPSA) is 38.2 Å². The lowest BCUT2D eigenvalue weighted by Gasteiger charge is -2.33. The molecular formula is C23H24FN3O. The number of nitrogens with zero attached hydrogens (tertiary/aromatic N) is 3. The number of piperidine rings is 1. The molecule has 0 aliphatic carbocycles. The third kappa shape index (κ3) is 4.20. The highest BCUT2D eigenvalue weighted by molar-refractivity contribution is 5.62. The van der Waals surface area contributed by atoms with Gasteiger partial charge in [-0.25, -0.2) is 4.39 Å². The second kappa shape index (κ2) is 8.48. The number of aromatic nitrogens is 2. The first-order valence-corrected chi connectivity index (χ1v) is 9.65. The average Bonchev–Trinajstić information content (AvgIpc) is 2.74. The highest BCUT2D eigenvalue weighted by atomic mass is 19.1. The van der Waals surface area contributed by atoms with Crippen molar-refractivity contribution in [1.82, 2.24) is 14.9 Å². The van der Waals surface area contributed by atoms with E-state index in [0.717, 1.165) is 55.2 Å². The molecule has 2 heterocycles. The molecule has 1 saturated heterocycles. The Hall–Kier alpha value is -2.79. The van der Waals surface area contributed by atoms with Gasteiger partial charge in [-0.3, -0.25) is 14.9 Å². The zero-order chi connectivity index (χ0) is 19.3. The van der Waals surface area contributed by atoms with E-state index in [-0.39, 0.29) is 5.82 Å². The molecule has 0 unspecified atom stereocenters. The molecule has 0 bridgehead atoms. The van der Waals surface area contributed by atoms with Crippen LogP contribution in [0.2, 0.25) is 0 Å². The van der Waals surface area contributed by atoms with Gasteiger partial charge in [0.15, 0.2) is 0 Å². The quantitative estimate of drug-likeness (QED) is 0.648. The summed E-state index contributed by atoms with van der Waals surface area (Å²) in [7, 11) is 1.68. The number of methoxy groups -OCH3 is 1. The number of likely N-dealkylation sites (tertiary alicyclic amines) is 1. The minimum atomic E-state index is -0.251. The maximum absolute atomic E-state index is 13.7. The summed E-state index contributed by atoms with van der Waals surface area (Å²) in [5.74, 6) is 0.914. The molecule has 144 valence electrons. The lowest BCUT2D eigenvalue weighted by molar-refractivity contribution is 0.198. The number of benzene rings is 2. The van der Waals surface area contributed by atoms with Gasteiger partial charge in [0.05, 0.1) is 18.5 Å². The predicted molar refractivity (Wildman–Crippen MR) is 108 cm³/mol. The molecule has 1 aliphatic heterocycles. The van der Waals surface area contributed by atoms with Crippen LogP contribution in [-0.2, 0) is 6.54 Å². The fraction of sp³-hybridized carbons (Fsp3) is 0.304. The molecule has 2 aromatic carbocycles. The van der Waals surface area contributed by atoms with Crippen LogP contribution < -0.4 is 4.74 Å². The summed E-state index contributed by atoms with van der Waals surface area (Å²) in [5, 5.41) is 0. The van der Waals surface area contributed by atoms with Gasteiger partial charge in [0.1, 0.15) is 11.6 Å². The summed E-state index contributed by atoms with van der Waals surface area (Å²) in [4.78, 5) is 11.6. The van der Waals surface area contributed by atoms with Gasteiger partial charge >= 0.3 is 0 Å². The van der Waals surface area contributed by atoms with Crippen LogP contribution >= 0.6 is 0 Å². The van der Waals surface area contributed by atoms with Crippen molar-refractivity contribution >= 4 is 0 Å². The first kappa shape index (κ1) is 18.6. The first-order chi connectivity index (χ1) is 13.7. The summed E-state index contributed by atoms with van der Waals surface area (Å²) in [6.07, 6.45) is 5.60. The minimum absolute atomic E-state index is 0.251. The highest BCUT2D eigenvalue weighted by Crippen LogP contribution is 2.32. The normalized spacial score (nSPS) is 17.4. The van der Waals surface area contributed by atoms with Gasteiger partial charge in [-0.1, -0.05) is 24.3 Å². The molecule has 1 aliphatic rings.